The molecule has 28 heavy (non-hydrogen) atoms. The smallest absolute Gasteiger partial charge is 0.387 e. The summed E-state index contributed by atoms with van der Waals surface area (Å²) in [6.45, 7) is 1.48. The van der Waals surface area contributed by atoms with Gasteiger partial charge in [0.05, 0.1) is 6.04 Å². The number of amides is 3. The van der Waals surface area contributed by atoms with Gasteiger partial charge in [-0.1, -0.05) is 6.07 Å². The van der Waals surface area contributed by atoms with E-state index in [0.29, 0.717) is 12.2 Å². The molecule has 0 radical (unpaired) electrons. The minimum Gasteiger partial charge on any atom is -0.435 e. The lowest BCUT2D eigenvalue weighted by Crippen LogP contribution is -2.39. The number of benzene rings is 2. The molecule has 0 aromatic heterocycles. The highest BCUT2D eigenvalue weighted by Crippen LogP contribution is 2.24. The normalized spacial score (nSPS) is 16.4. The molecule has 0 saturated carbocycles. The van der Waals surface area contributed by atoms with Crippen molar-refractivity contribution in [3.8, 4) is 5.75 Å². The number of anilines is 2. The van der Waals surface area contributed by atoms with E-state index < -0.39 is 12.6 Å². The minimum atomic E-state index is -2.90. The summed E-state index contributed by atoms with van der Waals surface area (Å²) in [6.07, 6.45) is 0.210. The first-order chi connectivity index (χ1) is 13.3. The van der Waals surface area contributed by atoms with E-state index in [1.807, 2.05) is 32.0 Å². The fraction of sp³-hybridized carbons (Fsp3) is 0.300. The summed E-state index contributed by atoms with van der Waals surface area (Å²) in [5, 5.41) is 5.38. The Kier molecular flexibility index (Phi) is 5.77. The molecule has 2 aromatic carbocycles. The fourth-order valence-corrected chi connectivity index (χ4v) is 3.02. The highest BCUT2D eigenvalue weighted by Gasteiger charge is 2.31. The van der Waals surface area contributed by atoms with Crippen molar-refractivity contribution < 1.29 is 23.1 Å². The van der Waals surface area contributed by atoms with E-state index in [1.54, 1.807) is 4.90 Å². The number of nitrogens with one attached hydrogen (secondary N) is 2. The van der Waals surface area contributed by atoms with Crippen LogP contribution in [0, 0.1) is 13.8 Å². The molecule has 3 amide bonds. The summed E-state index contributed by atoms with van der Waals surface area (Å²) in [5.41, 5.74) is 3.48. The Hall–Kier alpha value is -3.16. The van der Waals surface area contributed by atoms with Gasteiger partial charge in [-0.3, -0.25) is 4.79 Å². The highest BCUT2D eigenvalue weighted by atomic mass is 19.3. The van der Waals surface area contributed by atoms with Crippen molar-refractivity contribution >= 4 is 23.3 Å². The molecule has 148 valence electrons. The molecule has 1 atom stereocenters. The summed E-state index contributed by atoms with van der Waals surface area (Å²) in [5.74, 6) is -0.0477. The summed E-state index contributed by atoms with van der Waals surface area (Å²) >= 11 is 0. The first-order valence-corrected chi connectivity index (χ1v) is 8.82. The number of alkyl halides is 2. The first-order valence-electron chi connectivity index (χ1n) is 8.82. The van der Waals surface area contributed by atoms with Gasteiger partial charge in [0, 0.05) is 24.3 Å². The molecule has 1 heterocycles. The SMILES string of the molecule is Cc1ccc(N2C[C@@H](NC(=O)Nc3ccc(OC(F)F)cc3)CC2=O)cc1C. The molecule has 2 N–H and O–H groups in total. The predicted octanol–water partition coefficient (Wildman–Crippen LogP) is 3.83. The third kappa shape index (κ3) is 4.76. The number of carbonyl (C=O) groups is 2. The first kappa shape index (κ1) is 19.6. The third-order valence-electron chi connectivity index (χ3n) is 4.60. The van der Waals surface area contributed by atoms with Gasteiger partial charge >= 0.3 is 12.6 Å². The van der Waals surface area contributed by atoms with Gasteiger partial charge in [0.15, 0.2) is 0 Å². The minimum absolute atomic E-state index is 0.00591. The molecule has 2 aromatic rings. The predicted molar refractivity (Wildman–Crippen MR) is 102 cm³/mol. The zero-order valence-electron chi connectivity index (χ0n) is 15.5. The lowest BCUT2D eigenvalue weighted by atomic mass is 10.1. The molecule has 0 aliphatic carbocycles. The van der Waals surface area contributed by atoms with Crippen LogP contribution in [0.15, 0.2) is 42.5 Å². The Morgan fingerprint density at radius 1 is 1.14 bits per heavy atom. The zero-order valence-corrected chi connectivity index (χ0v) is 15.5. The maximum absolute atomic E-state index is 12.3. The third-order valence-corrected chi connectivity index (χ3v) is 4.60. The topological polar surface area (TPSA) is 70.7 Å². The van der Waals surface area contributed by atoms with Crippen LogP contribution < -0.4 is 20.3 Å². The quantitative estimate of drug-likeness (QED) is 0.817. The Morgan fingerprint density at radius 3 is 2.50 bits per heavy atom. The number of ether oxygens (including phenoxy) is 1. The van der Waals surface area contributed by atoms with Crippen LogP contribution >= 0.6 is 0 Å². The molecular weight excluding hydrogens is 368 g/mol. The van der Waals surface area contributed by atoms with Gasteiger partial charge in [-0.15, -0.1) is 0 Å². The van der Waals surface area contributed by atoms with E-state index in [9.17, 15) is 18.4 Å². The maximum Gasteiger partial charge on any atom is 0.387 e. The molecule has 0 unspecified atom stereocenters. The Morgan fingerprint density at radius 2 is 1.86 bits per heavy atom. The van der Waals surface area contributed by atoms with Crippen LogP contribution in [0.2, 0.25) is 0 Å². The Bertz CT molecular complexity index is 871. The van der Waals surface area contributed by atoms with Crippen molar-refractivity contribution in [2.24, 2.45) is 0 Å². The van der Waals surface area contributed by atoms with E-state index in [0.717, 1.165) is 16.8 Å². The van der Waals surface area contributed by atoms with Gasteiger partial charge in [0.1, 0.15) is 5.75 Å². The number of hydrogen-bond acceptors (Lipinski definition) is 3. The van der Waals surface area contributed by atoms with Crippen molar-refractivity contribution in [1.82, 2.24) is 5.32 Å². The monoisotopic (exact) mass is 389 g/mol. The van der Waals surface area contributed by atoms with E-state index >= 15 is 0 Å². The van der Waals surface area contributed by atoms with Crippen LogP contribution in [0.5, 0.6) is 5.75 Å². The van der Waals surface area contributed by atoms with Gasteiger partial charge in [-0.05, 0) is 61.4 Å². The van der Waals surface area contributed by atoms with Crippen LogP contribution in [0.4, 0.5) is 25.0 Å². The van der Waals surface area contributed by atoms with Gasteiger partial charge in [-0.2, -0.15) is 8.78 Å². The lowest BCUT2D eigenvalue weighted by Gasteiger charge is -2.18. The van der Waals surface area contributed by atoms with Crippen molar-refractivity contribution in [2.45, 2.75) is 32.9 Å². The van der Waals surface area contributed by atoms with E-state index in [1.165, 1.54) is 24.3 Å². The Labute approximate surface area is 161 Å². The molecule has 8 heteroatoms. The number of aryl methyl sites for hydroxylation is 2. The molecule has 1 aliphatic rings. The van der Waals surface area contributed by atoms with Crippen molar-refractivity contribution in [3.63, 3.8) is 0 Å². The fourth-order valence-electron chi connectivity index (χ4n) is 3.02. The molecule has 1 saturated heterocycles. The molecular formula is C20H21F2N3O3. The molecule has 1 aliphatic heterocycles. The summed E-state index contributed by atoms with van der Waals surface area (Å²) in [7, 11) is 0. The number of hydrogen-bond donors (Lipinski definition) is 2. The summed E-state index contributed by atoms with van der Waals surface area (Å²) in [6, 6.07) is 10.6. The second kappa shape index (κ2) is 8.24. The Balaban J connectivity index is 1.56. The van der Waals surface area contributed by atoms with Crippen LogP contribution in [0.1, 0.15) is 17.5 Å². The van der Waals surface area contributed by atoms with Gasteiger partial charge < -0.3 is 20.3 Å². The van der Waals surface area contributed by atoms with Gasteiger partial charge in [0.2, 0.25) is 5.91 Å². The van der Waals surface area contributed by atoms with Gasteiger partial charge in [-0.25, -0.2) is 4.79 Å². The largest absolute Gasteiger partial charge is 0.435 e. The van der Waals surface area contributed by atoms with Crippen molar-refractivity contribution in [1.29, 1.82) is 0 Å². The summed E-state index contributed by atoms with van der Waals surface area (Å²) < 4.78 is 28.6. The standard InChI is InChI=1S/C20H21F2N3O3/c1-12-3-6-16(9-13(12)2)25-11-15(10-18(25)26)24-20(27)23-14-4-7-17(8-5-14)28-19(21)22/h3-9,15,19H,10-11H2,1-2H3,(H2,23,24,27)/t15-/m0/s1. The number of halogens is 2. The lowest BCUT2D eigenvalue weighted by molar-refractivity contribution is -0.117. The van der Waals surface area contributed by atoms with Crippen LogP contribution in [0.3, 0.4) is 0 Å². The zero-order chi connectivity index (χ0) is 20.3. The van der Waals surface area contributed by atoms with E-state index in [-0.39, 0.29) is 24.1 Å². The molecule has 0 bridgehead atoms. The molecule has 6 nitrogen and oxygen atoms in total. The molecule has 0 spiro atoms. The van der Waals surface area contributed by atoms with Crippen molar-refractivity contribution in [2.75, 3.05) is 16.8 Å². The van der Waals surface area contributed by atoms with Gasteiger partial charge in [0.25, 0.3) is 0 Å². The average molecular weight is 389 g/mol. The number of carbonyl (C=O) groups excluding carboxylic acids is 2. The maximum atomic E-state index is 12.3. The van der Waals surface area contributed by atoms with Crippen LogP contribution in [-0.4, -0.2) is 31.1 Å². The van der Waals surface area contributed by atoms with E-state index in [2.05, 4.69) is 15.4 Å². The molecule has 1 fully saturated rings. The van der Waals surface area contributed by atoms with Crippen LogP contribution in [0.25, 0.3) is 0 Å². The number of urea groups is 1. The second-order valence-corrected chi connectivity index (χ2v) is 6.68. The molecule has 3 rings (SSSR count). The number of rotatable bonds is 5. The number of nitrogens with zero attached hydrogens (tertiary/aromatic N) is 1. The highest BCUT2D eigenvalue weighted by molar-refractivity contribution is 5.97. The average Bonchev–Trinajstić information content (AvgIpc) is 2.98. The van der Waals surface area contributed by atoms with Crippen molar-refractivity contribution in [3.05, 3.63) is 53.6 Å². The van der Waals surface area contributed by atoms with Crippen LogP contribution in [-0.2, 0) is 4.79 Å². The second-order valence-electron chi connectivity index (χ2n) is 6.68. The van der Waals surface area contributed by atoms with E-state index in [4.69, 9.17) is 0 Å². The summed E-state index contributed by atoms with van der Waals surface area (Å²) in [4.78, 5) is 26.2.